The summed E-state index contributed by atoms with van der Waals surface area (Å²) < 4.78 is 2.03. The number of benzene rings is 1. The van der Waals surface area contributed by atoms with Crippen LogP contribution in [0.25, 0.3) is 11.0 Å². The van der Waals surface area contributed by atoms with Gasteiger partial charge in [-0.25, -0.2) is 4.98 Å². The van der Waals surface area contributed by atoms with Crippen molar-refractivity contribution in [1.29, 1.82) is 0 Å². The molecule has 1 aromatic heterocycles. The molecule has 0 radical (unpaired) electrons. The maximum Gasteiger partial charge on any atom is 0.0959 e. The quantitative estimate of drug-likeness (QED) is 0.899. The highest BCUT2D eigenvalue weighted by Gasteiger charge is 2.14. The summed E-state index contributed by atoms with van der Waals surface area (Å²) in [5.41, 5.74) is 2.35. The van der Waals surface area contributed by atoms with E-state index >= 15 is 0 Å². The fourth-order valence-corrected chi connectivity index (χ4v) is 2.07. The smallest absolute Gasteiger partial charge is 0.0959 e. The molecule has 1 atom stereocenters. The standard InChI is InChI=1S/C15H22N2O/c1-15(2,3)9-8-12(18)10-17-11-16-13-6-4-5-7-14(13)17/h4-7,11-12,18H,8-10H2,1-3H3. The molecule has 0 aliphatic heterocycles. The summed E-state index contributed by atoms with van der Waals surface area (Å²) in [6.45, 7) is 7.22. The lowest BCUT2D eigenvalue weighted by atomic mass is 9.89. The van der Waals surface area contributed by atoms with Crippen LogP contribution in [0.5, 0.6) is 0 Å². The number of imidazole rings is 1. The van der Waals surface area contributed by atoms with Gasteiger partial charge in [0, 0.05) is 0 Å². The topological polar surface area (TPSA) is 38.0 Å². The summed E-state index contributed by atoms with van der Waals surface area (Å²) in [5.74, 6) is 0. The lowest BCUT2D eigenvalue weighted by Crippen LogP contribution is -2.18. The van der Waals surface area contributed by atoms with Gasteiger partial charge in [0.1, 0.15) is 0 Å². The van der Waals surface area contributed by atoms with Gasteiger partial charge in [-0.05, 0) is 30.4 Å². The van der Waals surface area contributed by atoms with E-state index in [-0.39, 0.29) is 11.5 Å². The van der Waals surface area contributed by atoms with E-state index in [0.29, 0.717) is 6.54 Å². The molecule has 1 aromatic carbocycles. The summed E-state index contributed by atoms with van der Waals surface area (Å²) in [6.07, 6.45) is 3.36. The van der Waals surface area contributed by atoms with Crippen LogP contribution >= 0.6 is 0 Å². The molecule has 0 saturated carbocycles. The number of fused-ring (bicyclic) bond motifs is 1. The molecule has 0 fully saturated rings. The Kier molecular flexibility index (Phi) is 3.71. The molecule has 98 valence electrons. The number of nitrogens with zero attached hydrogens (tertiary/aromatic N) is 2. The van der Waals surface area contributed by atoms with Crippen molar-refractivity contribution in [2.24, 2.45) is 5.41 Å². The van der Waals surface area contributed by atoms with Crippen LogP contribution in [-0.4, -0.2) is 20.8 Å². The van der Waals surface area contributed by atoms with E-state index < -0.39 is 0 Å². The molecule has 0 aliphatic carbocycles. The first-order chi connectivity index (χ1) is 8.46. The number of aliphatic hydroxyl groups excluding tert-OH is 1. The SMILES string of the molecule is CC(C)(C)CCC(O)Cn1cnc2ccccc21. The molecule has 0 amide bonds. The molecule has 2 rings (SSSR count). The zero-order chi connectivity index (χ0) is 13.2. The first-order valence-corrected chi connectivity index (χ1v) is 6.54. The van der Waals surface area contributed by atoms with Crippen LogP contribution in [-0.2, 0) is 6.54 Å². The number of para-hydroxylation sites is 2. The third-order valence-electron chi connectivity index (χ3n) is 3.16. The first-order valence-electron chi connectivity index (χ1n) is 6.54. The van der Waals surface area contributed by atoms with Crippen LogP contribution in [0.15, 0.2) is 30.6 Å². The average Bonchev–Trinajstić information content (AvgIpc) is 2.70. The summed E-state index contributed by atoms with van der Waals surface area (Å²) in [5, 5.41) is 10.1. The molecule has 0 bridgehead atoms. The summed E-state index contributed by atoms with van der Waals surface area (Å²) >= 11 is 0. The molecule has 3 heteroatoms. The Morgan fingerprint density at radius 2 is 2.00 bits per heavy atom. The highest BCUT2D eigenvalue weighted by atomic mass is 16.3. The van der Waals surface area contributed by atoms with Crippen LogP contribution in [0.1, 0.15) is 33.6 Å². The average molecular weight is 246 g/mol. The van der Waals surface area contributed by atoms with Crippen molar-refractivity contribution >= 4 is 11.0 Å². The summed E-state index contributed by atoms with van der Waals surface area (Å²) in [7, 11) is 0. The van der Waals surface area contributed by atoms with Crippen molar-refractivity contribution in [2.75, 3.05) is 0 Å². The zero-order valence-electron chi connectivity index (χ0n) is 11.4. The molecule has 1 unspecified atom stereocenters. The third kappa shape index (κ3) is 3.33. The lowest BCUT2D eigenvalue weighted by Gasteiger charge is -2.20. The molecule has 3 nitrogen and oxygen atoms in total. The van der Waals surface area contributed by atoms with Crippen molar-refractivity contribution in [3.8, 4) is 0 Å². The predicted molar refractivity (Wildman–Crippen MR) is 74.4 cm³/mol. The van der Waals surface area contributed by atoms with Gasteiger partial charge in [-0.15, -0.1) is 0 Å². The van der Waals surface area contributed by atoms with E-state index in [2.05, 4.69) is 25.8 Å². The van der Waals surface area contributed by atoms with Gasteiger partial charge in [0.05, 0.1) is 30.0 Å². The van der Waals surface area contributed by atoms with Gasteiger partial charge in [-0.2, -0.15) is 0 Å². The van der Waals surface area contributed by atoms with Gasteiger partial charge in [0.2, 0.25) is 0 Å². The maximum atomic E-state index is 10.1. The lowest BCUT2D eigenvalue weighted by molar-refractivity contribution is 0.129. The molecule has 0 spiro atoms. The number of aromatic nitrogens is 2. The van der Waals surface area contributed by atoms with Crippen LogP contribution < -0.4 is 0 Å². The normalized spacial score (nSPS) is 14.0. The molecular weight excluding hydrogens is 224 g/mol. The van der Waals surface area contributed by atoms with E-state index in [1.165, 1.54) is 0 Å². The summed E-state index contributed by atoms with van der Waals surface area (Å²) in [4.78, 5) is 4.33. The first kappa shape index (κ1) is 13.1. The minimum atomic E-state index is -0.304. The second kappa shape index (κ2) is 5.11. The number of hydrogen-bond donors (Lipinski definition) is 1. The van der Waals surface area contributed by atoms with E-state index in [0.717, 1.165) is 23.9 Å². The highest BCUT2D eigenvalue weighted by Crippen LogP contribution is 2.22. The van der Waals surface area contributed by atoms with Crippen LogP contribution in [0.2, 0.25) is 0 Å². The van der Waals surface area contributed by atoms with Gasteiger partial charge < -0.3 is 9.67 Å². The summed E-state index contributed by atoms with van der Waals surface area (Å²) in [6, 6.07) is 8.02. The van der Waals surface area contributed by atoms with Gasteiger partial charge >= 0.3 is 0 Å². The van der Waals surface area contributed by atoms with E-state index in [1.807, 2.05) is 35.2 Å². The van der Waals surface area contributed by atoms with E-state index in [1.54, 1.807) is 0 Å². The Hall–Kier alpha value is -1.35. The number of rotatable bonds is 4. The third-order valence-corrected chi connectivity index (χ3v) is 3.16. The fraction of sp³-hybridized carbons (Fsp3) is 0.533. The van der Waals surface area contributed by atoms with Gasteiger partial charge in [0.25, 0.3) is 0 Å². The van der Waals surface area contributed by atoms with Gasteiger partial charge in [-0.1, -0.05) is 32.9 Å². The molecule has 1 heterocycles. The van der Waals surface area contributed by atoms with Gasteiger partial charge in [0.15, 0.2) is 0 Å². The fourth-order valence-electron chi connectivity index (χ4n) is 2.07. The molecule has 0 aliphatic rings. The molecular formula is C15H22N2O. The Balaban J connectivity index is 2.01. The predicted octanol–water partition coefficient (Wildman–Crippen LogP) is 3.22. The molecule has 1 N–H and O–H groups in total. The maximum absolute atomic E-state index is 10.1. The van der Waals surface area contributed by atoms with Gasteiger partial charge in [-0.3, -0.25) is 0 Å². The van der Waals surface area contributed by atoms with Crippen molar-refractivity contribution < 1.29 is 5.11 Å². The van der Waals surface area contributed by atoms with Crippen molar-refractivity contribution in [3.05, 3.63) is 30.6 Å². The van der Waals surface area contributed by atoms with E-state index in [4.69, 9.17) is 0 Å². The van der Waals surface area contributed by atoms with Crippen molar-refractivity contribution in [3.63, 3.8) is 0 Å². The van der Waals surface area contributed by atoms with Crippen LogP contribution in [0.3, 0.4) is 0 Å². The monoisotopic (exact) mass is 246 g/mol. The second-order valence-corrected chi connectivity index (χ2v) is 6.14. The minimum Gasteiger partial charge on any atom is -0.391 e. The molecule has 18 heavy (non-hydrogen) atoms. The van der Waals surface area contributed by atoms with E-state index in [9.17, 15) is 5.11 Å². The highest BCUT2D eigenvalue weighted by molar-refractivity contribution is 5.74. The molecule has 2 aromatic rings. The number of hydrogen-bond acceptors (Lipinski definition) is 2. The molecule has 0 saturated heterocycles. The minimum absolute atomic E-state index is 0.276. The Labute approximate surface area is 108 Å². The Morgan fingerprint density at radius 1 is 1.28 bits per heavy atom. The Bertz CT molecular complexity index is 510. The second-order valence-electron chi connectivity index (χ2n) is 6.14. The largest absolute Gasteiger partial charge is 0.391 e. The van der Waals surface area contributed by atoms with Crippen LogP contribution in [0, 0.1) is 5.41 Å². The number of aliphatic hydroxyl groups is 1. The Morgan fingerprint density at radius 3 is 2.72 bits per heavy atom. The van der Waals surface area contributed by atoms with Crippen molar-refractivity contribution in [2.45, 2.75) is 46.3 Å². The van der Waals surface area contributed by atoms with Crippen LogP contribution in [0.4, 0.5) is 0 Å². The zero-order valence-corrected chi connectivity index (χ0v) is 11.4. The van der Waals surface area contributed by atoms with Crippen molar-refractivity contribution in [1.82, 2.24) is 9.55 Å².